The van der Waals surface area contributed by atoms with E-state index in [-0.39, 0.29) is 11.7 Å². The number of nitrogens with one attached hydrogen (secondary N) is 2. The summed E-state index contributed by atoms with van der Waals surface area (Å²) in [6, 6.07) is 13.1. The van der Waals surface area contributed by atoms with Gasteiger partial charge in [-0.05, 0) is 36.4 Å². The standard InChI is InChI=1S/C16H17FN2O2/c1-18-16(20)14-4-2-3-5-15(14)19-10-11-21-13-8-6-12(17)7-9-13/h2-9,19H,10-11H2,1H3,(H,18,20). The van der Waals surface area contributed by atoms with Crippen molar-refractivity contribution in [3.05, 3.63) is 59.9 Å². The van der Waals surface area contributed by atoms with Gasteiger partial charge in [-0.1, -0.05) is 12.1 Å². The Bertz CT molecular complexity index is 599. The molecule has 0 spiro atoms. The largest absolute Gasteiger partial charge is 0.492 e. The highest BCUT2D eigenvalue weighted by Crippen LogP contribution is 2.15. The summed E-state index contributed by atoms with van der Waals surface area (Å²) < 4.78 is 18.2. The van der Waals surface area contributed by atoms with Crippen molar-refractivity contribution in [3.8, 4) is 5.75 Å². The van der Waals surface area contributed by atoms with Crippen LogP contribution in [0.3, 0.4) is 0 Å². The summed E-state index contributed by atoms with van der Waals surface area (Å²) in [4.78, 5) is 11.7. The van der Waals surface area contributed by atoms with Gasteiger partial charge in [0.2, 0.25) is 0 Å². The molecule has 0 bridgehead atoms. The van der Waals surface area contributed by atoms with Crippen molar-refractivity contribution in [3.63, 3.8) is 0 Å². The normalized spacial score (nSPS) is 10.0. The fraction of sp³-hybridized carbons (Fsp3) is 0.188. The van der Waals surface area contributed by atoms with Gasteiger partial charge in [0, 0.05) is 19.3 Å². The molecule has 2 N–H and O–H groups in total. The van der Waals surface area contributed by atoms with Crippen LogP contribution in [0.4, 0.5) is 10.1 Å². The van der Waals surface area contributed by atoms with E-state index in [0.717, 1.165) is 5.69 Å². The second-order valence-electron chi connectivity index (χ2n) is 4.35. The van der Waals surface area contributed by atoms with Gasteiger partial charge >= 0.3 is 0 Å². The van der Waals surface area contributed by atoms with Crippen molar-refractivity contribution < 1.29 is 13.9 Å². The third-order valence-corrected chi connectivity index (χ3v) is 2.90. The van der Waals surface area contributed by atoms with Crippen molar-refractivity contribution in [1.29, 1.82) is 0 Å². The molecule has 2 aromatic carbocycles. The van der Waals surface area contributed by atoms with Gasteiger partial charge in [0.1, 0.15) is 18.2 Å². The number of carbonyl (C=O) groups is 1. The summed E-state index contributed by atoms with van der Waals surface area (Å²) in [6.45, 7) is 0.944. The molecule has 4 nitrogen and oxygen atoms in total. The Labute approximate surface area is 122 Å². The zero-order valence-electron chi connectivity index (χ0n) is 11.7. The monoisotopic (exact) mass is 288 g/mol. The molecular weight excluding hydrogens is 271 g/mol. The molecule has 1 amide bonds. The quantitative estimate of drug-likeness (QED) is 0.804. The Morgan fingerprint density at radius 1 is 1.14 bits per heavy atom. The molecule has 0 aliphatic heterocycles. The van der Waals surface area contributed by atoms with Crippen LogP contribution >= 0.6 is 0 Å². The number of hydrogen-bond acceptors (Lipinski definition) is 3. The SMILES string of the molecule is CNC(=O)c1ccccc1NCCOc1ccc(F)cc1. The first-order chi connectivity index (χ1) is 10.2. The van der Waals surface area contributed by atoms with E-state index < -0.39 is 0 Å². The molecule has 0 heterocycles. The van der Waals surface area contributed by atoms with E-state index in [1.807, 2.05) is 18.2 Å². The van der Waals surface area contributed by atoms with Crippen LogP contribution in [-0.2, 0) is 0 Å². The van der Waals surface area contributed by atoms with Crippen molar-refractivity contribution in [2.75, 3.05) is 25.5 Å². The second kappa shape index (κ2) is 7.28. The maximum absolute atomic E-state index is 12.7. The number of anilines is 1. The molecule has 5 heteroatoms. The molecule has 0 saturated heterocycles. The summed E-state index contributed by atoms with van der Waals surface area (Å²) in [6.07, 6.45) is 0. The van der Waals surface area contributed by atoms with Crippen LogP contribution in [0.15, 0.2) is 48.5 Å². The van der Waals surface area contributed by atoms with E-state index in [2.05, 4.69) is 10.6 Å². The molecule has 0 saturated carbocycles. The summed E-state index contributed by atoms with van der Waals surface area (Å²) in [5.74, 6) is 0.176. The summed E-state index contributed by atoms with van der Waals surface area (Å²) >= 11 is 0. The van der Waals surface area contributed by atoms with Crippen molar-refractivity contribution in [2.45, 2.75) is 0 Å². The van der Waals surface area contributed by atoms with Gasteiger partial charge in [0.05, 0.1) is 5.56 Å². The predicted octanol–water partition coefficient (Wildman–Crippen LogP) is 2.68. The first-order valence-electron chi connectivity index (χ1n) is 6.64. The van der Waals surface area contributed by atoms with Gasteiger partial charge in [-0.3, -0.25) is 4.79 Å². The maximum atomic E-state index is 12.7. The van der Waals surface area contributed by atoms with Crippen molar-refractivity contribution in [2.24, 2.45) is 0 Å². The molecule has 0 radical (unpaired) electrons. The van der Waals surface area contributed by atoms with Crippen LogP contribution in [0.25, 0.3) is 0 Å². The summed E-state index contributed by atoms with van der Waals surface area (Å²) in [5, 5.41) is 5.75. The molecule has 2 aromatic rings. The van der Waals surface area contributed by atoms with Gasteiger partial charge in [-0.15, -0.1) is 0 Å². The van der Waals surface area contributed by atoms with Crippen LogP contribution in [0.2, 0.25) is 0 Å². The van der Waals surface area contributed by atoms with Crippen LogP contribution < -0.4 is 15.4 Å². The lowest BCUT2D eigenvalue weighted by Gasteiger charge is -2.11. The second-order valence-corrected chi connectivity index (χ2v) is 4.35. The first kappa shape index (κ1) is 14.8. The summed E-state index contributed by atoms with van der Waals surface area (Å²) in [5.41, 5.74) is 1.33. The molecule has 0 aliphatic rings. The number of hydrogen-bond donors (Lipinski definition) is 2. The number of amides is 1. The van der Waals surface area contributed by atoms with E-state index in [9.17, 15) is 9.18 Å². The minimum absolute atomic E-state index is 0.141. The minimum Gasteiger partial charge on any atom is -0.492 e. The number of benzene rings is 2. The number of para-hydroxylation sites is 1. The van der Waals surface area contributed by atoms with Gasteiger partial charge in [-0.2, -0.15) is 0 Å². The zero-order chi connectivity index (χ0) is 15.1. The summed E-state index contributed by atoms with van der Waals surface area (Å²) in [7, 11) is 1.59. The molecule has 0 aromatic heterocycles. The van der Waals surface area contributed by atoms with E-state index in [4.69, 9.17) is 4.74 Å². The van der Waals surface area contributed by atoms with E-state index >= 15 is 0 Å². The average Bonchev–Trinajstić information content (AvgIpc) is 2.53. The smallest absolute Gasteiger partial charge is 0.253 e. The fourth-order valence-electron chi connectivity index (χ4n) is 1.86. The molecule has 0 unspecified atom stereocenters. The van der Waals surface area contributed by atoms with E-state index in [1.54, 1.807) is 25.2 Å². The molecule has 110 valence electrons. The minimum atomic E-state index is -0.292. The van der Waals surface area contributed by atoms with Gasteiger partial charge in [0.25, 0.3) is 5.91 Å². The lowest BCUT2D eigenvalue weighted by molar-refractivity contribution is 0.0964. The molecule has 21 heavy (non-hydrogen) atoms. The van der Waals surface area contributed by atoms with Crippen LogP contribution in [0.5, 0.6) is 5.75 Å². The third-order valence-electron chi connectivity index (χ3n) is 2.90. The Morgan fingerprint density at radius 3 is 2.57 bits per heavy atom. The fourth-order valence-corrected chi connectivity index (χ4v) is 1.86. The Balaban J connectivity index is 1.86. The first-order valence-corrected chi connectivity index (χ1v) is 6.64. The van der Waals surface area contributed by atoms with Crippen LogP contribution in [-0.4, -0.2) is 26.1 Å². The number of ether oxygens (including phenoxy) is 1. The highest BCUT2D eigenvalue weighted by atomic mass is 19.1. The van der Waals surface area contributed by atoms with Crippen LogP contribution in [0.1, 0.15) is 10.4 Å². The molecule has 0 atom stereocenters. The van der Waals surface area contributed by atoms with E-state index in [1.165, 1.54) is 12.1 Å². The Kier molecular flexibility index (Phi) is 5.15. The van der Waals surface area contributed by atoms with Crippen molar-refractivity contribution >= 4 is 11.6 Å². The van der Waals surface area contributed by atoms with E-state index in [0.29, 0.717) is 24.5 Å². The highest BCUT2D eigenvalue weighted by molar-refractivity contribution is 5.99. The maximum Gasteiger partial charge on any atom is 0.253 e. The number of rotatable bonds is 6. The lowest BCUT2D eigenvalue weighted by atomic mass is 10.1. The molecule has 0 aliphatic carbocycles. The van der Waals surface area contributed by atoms with Crippen molar-refractivity contribution in [1.82, 2.24) is 5.32 Å². The average molecular weight is 288 g/mol. The third kappa shape index (κ3) is 4.21. The van der Waals surface area contributed by atoms with Gasteiger partial charge < -0.3 is 15.4 Å². The van der Waals surface area contributed by atoms with Crippen LogP contribution in [0, 0.1) is 5.82 Å². The Hall–Kier alpha value is -2.56. The topological polar surface area (TPSA) is 50.4 Å². The number of halogens is 1. The Morgan fingerprint density at radius 2 is 1.86 bits per heavy atom. The zero-order valence-corrected chi connectivity index (χ0v) is 11.7. The van der Waals surface area contributed by atoms with Gasteiger partial charge in [0.15, 0.2) is 0 Å². The lowest BCUT2D eigenvalue weighted by Crippen LogP contribution is -2.20. The molecule has 0 fully saturated rings. The highest BCUT2D eigenvalue weighted by Gasteiger charge is 2.08. The predicted molar refractivity (Wildman–Crippen MR) is 80.2 cm³/mol. The van der Waals surface area contributed by atoms with Gasteiger partial charge in [-0.25, -0.2) is 4.39 Å². The number of carbonyl (C=O) groups excluding carboxylic acids is 1. The molecule has 2 rings (SSSR count). The molecular formula is C16H17FN2O2.